The molecule has 0 aliphatic carbocycles. The first kappa shape index (κ1) is 17.5. The summed E-state index contributed by atoms with van der Waals surface area (Å²) in [7, 11) is 0. The fourth-order valence-corrected chi connectivity index (χ4v) is 3.99. The van der Waals surface area contributed by atoms with E-state index < -0.39 is 0 Å². The molecule has 9 heteroatoms. The second kappa shape index (κ2) is 7.10. The molecule has 8 nitrogen and oxygen atoms in total. The van der Waals surface area contributed by atoms with Crippen molar-refractivity contribution in [2.45, 2.75) is 5.16 Å². The molecule has 1 aliphatic heterocycles. The number of nitrogens with zero attached hydrogens (tertiary/aromatic N) is 6. The quantitative estimate of drug-likeness (QED) is 0.374. The largest absolute Gasteiger partial charge is 0.273 e. The van der Waals surface area contributed by atoms with Crippen molar-refractivity contribution >= 4 is 29.2 Å². The van der Waals surface area contributed by atoms with Crippen LogP contribution in [-0.4, -0.2) is 53.8 Å². The van der Waals surface area contributed by atoms with Crippen LogP contribution in [0.2, 0.25) is 0 Å². The number of carbonyl (C=O) groups excluding carboxylic acids is 2. The summed E-state index contributed by atoms with van der Waals surface area (Å²) in [6, 6.07) is 16.2. The topological polar surface area (TPSA) is 93.4 Å². The number of imide groups is 1. The molecule has 4 heterocycles. The van der Waals surface area contributed by atoms with Gasteiger partial charge < -0.3 is 0 Å². The highest BCUT2D eigenvalue weighted by molar-refractivity contribution is 7.99. The van der Waals surface area contributed by atoms with Gasteiger partial charge in [0.2, 0.25) is 5.16 Å². The number of amides is 2. The molecule has 2 amide bonds. The maximum absolute atomic E-state index is 12.5. The Morgan fingerprint density at radius 2 is 1.59 bits per heavy atom. The fourth-order valence-electron chi connectivity index (χ4n) is 3.18. The Morgan fingerprint density at radius 3 is 2.31 bits per heavy atom. The van der Waals surface area contributed by atoms with Gasteiger partial charge in [0, 0.05) is 18.5 Å². The highest BCUT2D eigenvalue weighted by atomic mass is 32.2. The van der Waals surface area contributed by atoms with Crippen LogP contribution in [0.25, 0.3) is 17.0 Å². The monoisotopic (exact) mass is 402 g/mol. The van der Waals surface area contributed by atoms with Gasteiger partial charge in [-0.3, -0.25) is 19.5 Å². The average molecular weight is 402 g/mol. The van der Waals surface area contributed by atoms with Gasteiger partial charge in [-0.05, 0) is 36.4 Å². The minimum absolute atomic E-state index is 0.257. The lowest BCUT2D eigenvalue weighted by Gasteiger charge is -2.12. The molecule has 0 unspecified atom stereocenters. The summed E-state index contributed by atoms with van der Waals surface area (Å²) in [5, 5.41) is 13.5. The summed E-state index contributed by atoms with van der Waals surface area (Å²) in [5.41, 5.74) is 2.99. The number of thioether (sulfide) groups is 1. The lowest BCUT2D eigenvalue weighted by molar-refractivity contribution is 0.0664. The summed E-state index contributed by atoms with van der Waals surface area (Å²) in [6.07, 6.45) is 1.71. The van der Waals surface area contributed by atoms with E-state index >= 15 is 0 Å². The molecule has 3 aromatic heterocycles. The van der Waals surface area contributed by atoms with Crippen LogP contribution < -0.4 is 0 Å². The van der Waals surface area contributed by atoms with Crippen molar-refractivity contribution in [3.8, 4) is 11.4 Å². The van der Waals surface area contributed by atoms with Crippen LogP contribution in [0.1, 0.15) is 20.7 Å². The average Bonchev–Trinajstić information content (AvgIpc) is 3.28. The summed E-state index contributed by atoms with van der Waals surface area (Å²) in [6.45, 7) is 0.284. The zero-order valence-corrected chi connectivity index (χ0v) is 15.9. The molecule has 0 fully saturated rings. The lowest BCUT2D eigenvalue weighted by Crippen LogP contribution is -2.31. The number of pyridine rings is 1. The maximum atomic E-state index is 12.5. The normalized spacial score (nSPS) is 13.3. The molecule has 0 bridgehead atoms. The molecule has 142 valence electrons. The van der Waals surface area contributed by atoms with Crippen molar-refractivity contribution in [1.29, 1.82) is 0 Å². The minimum atomic E-state index is -0.257. The van der Waals surface area contributed by atoms with E-state index in [1.54, 1.807) is 35.0 Å². The lowest BCUT2D eigenvalue weighted by atomic mass is 10.1. The fraction of sp³-hybridized carbons (Fsp3) is 0.100. The SMILES string of the molecule is O=C1c2ccccc2C(=O)N1CCSc1nnc2ccc(-c3ccccn3)nn12. The zero-order valence-electron chi connectivity index (χ0n) is 15.1. The van der Waals surface area contributed by atoms with Gasteiger partial charge in [-0.15, -0.1) is 10.2 Å². The van der Waals surface area contributed by atoms with Crippen LogP contribution in [0.3, 0.4) is 0 Å². The Balaban J connectivity index is 1.33. The molecular formula is C20H14N6O2S. The predicted octanol–water partition coefficient (Wildman–Crippen LogP) is 2.57. The van der Waals surface area contributed by atoms with Gasteiger partial charge in [-0.1, -0.05) is 30.0 Å². The molecule has 0 N–H and O–H groups in total. The Morgan fingerprint density at radius 1 is 0.828 bits per heavy atom. The second-order valence-electron chi connectivity index (χ2n) is 6.34. The standard InChI is InChI=1S/C20H14N6O2S/c27-18-13-5-1-2-6-14(13)19(28)25(18)11-12-29-20-23-22-17-9-8-16(24-26(17)20)15-7-3-4-10-21-15/h1-10H,11-12H2. The summed E-state index contributed by atoms with van der Waals surface area (Å²) in [4.78, 5) is 30.5. The number of carbonyl (C=O) groups is 2. The number of hydrogen-bond donors (Lipinski definition) is 0. The van der Waals surface area contributed by atoms with Crippen molar-refractivity contribution < 1.29 is 9.59 Å². The van der Waals surface area contributed by atoms with E-state index in [0.29, 0.717) is 33.4 Å². The van der Waals surface area contributed by atoms with Crippen molar-refractivity contribution in [3.05, 3.63) is 71.9 Å². The Bertz CT molecular complexity index is 1210. The van der Waals surface area contributed by atoms with Crippen molar-refractivity contribution in [1.82, 2.24) is 29.7 Å². The third-order valence-corrected chi connectivity index (χ3v) is 5.49. The van der Waals surface area contributed by atoms with Crippen molar-refractivity contribution in [2.75, 3.05) is 12.3 Å². The van der Waals surface area contributed by atoms with Gasteiger partial charge in [-0.25, -0.2) is 0 Å². The maximum Gasteiger partial charge on any atom is 0.261 e. The summed E-state index contributed by atoms with van der Waals surface area (Å²) in [5.74, 6) is -0.0254. The van der Waals surface area contributed by atoms with Crippen LogP contribution in [-0.2, 0) is 0 Å². The smallest absolute Gasteiger partial charge is 0.261 e. The molecule has 0 atom stereocenters. The first-order chi connectivity index (χ1) is 14.2. The van der Waals surface area contributed by atoms with Crippen molar-refractivity contribution in [3.63, 3.8) is 0 Å². The van der Waals surface area contributed by atoms with E-state index in [1.165, 1.54) is 16.7 Å². The highest BCUT2D eigenvalue weighted by Gasteiger charge is 2.34. The molecule has 4 aromatic rings. The first-order valence-electron chi connectivity index (χ1n) is 8.94. The summed E-state index contributed by atoms with van der Waals surface area (Å²) < 4.78 is 1.65. The molecule has 0 saturated heterocycles. The number of benzene rings is 1. The zero-order chi connectivity index (χ0) is 19.8. The highest BCUT2D eigenvalue weighted by Crippen LogP contribution is 2.24. The van der Waals surface area contributed by atoms with E-state index in [9.17, 15) is 9.59 Å². The number of fused-ring (bicyclic) bond motifs is 2. The molecule has 0 radical (unpaired) electrons. The van der Waals surface area contributed by atoms with Gasteiger partial charge in [0.1, 0.15) is 5.69 Å². The Labute approximate surface area is 169 Å². The van der Waals surface area contributed by atoms with Gasteiger partial charge >= 0.3 is 0 Å². The van der Waals surface area contributed by atoms with E-state index in [1.807, 2.05) is 30.3 Å². The predicted molar refractivity (Wildman–Crippen MR) is 107 cm³/mol. The molecular weight excluding hydrogens is 388 g/mol. The van der Waals surface area contributed by atoms with E-state index in [0.717, 1.165) is 5.69 Å². The third-order valence-electron chi connectivity index (χ3n) is 4.59. The Hall–Kier alpha value is -3.59. The molecule has 1 aliphatic rings. The molecule has 0 spiro atoms. The molecule has 0 saturated carbocycles. The van der Waals surface area contributed by atoms with Crippen LogP contribution >= 0.6 is 11.8 Å². The van der Waals surface area contributed by atoms with E-state index in [4.69, 9.17) is 0 Å². The van der Waals surface area contributed by atoms with Gasteiger partial charge in [0.25, 0.3) is 11.8 Å². The van der Waals surface area contributed by atoms with E-state index in [2.05, 4.69) is 20.3 Å². The van der Waals surface area contributed by atoms with Gasteiger partial charge in [-0.2, -0.15) is 9.61 Å². The van der Waals surface area contributed by atoms with Crippen LogP contribution in [0.15, 0.2) is 66.0 Å². The van der Waals surface area contributed by atoms with Crippen LogP contribution in [0.4, 0.5) is 0 Å². The molecule has 29 heavy (non-hydrogen) atoms. The Kier molecular flexibility index (Phi) is 4.28. The van der Waals surface area contributed by atoms with Crippen LogP contribution in [0, 0.1) is 0 Å². The summed E-state index contributed by atoms with van der Waals surface area (Å²) >= 11 is 1.39. The first-order valence-corrected chi connectivity index (χ1v) is 9.93. The van der Waals surface area contributed by atoms with Crippen molar-refractivity contribution in [2.24, 2.45) is 0 Å². The molecule has 1 aromatic carbocycles. The second-order valence-corrected chi connectivity index (χ2v) is 7.40. The number of aromatic nitrogens is 5. The third kappa shape index (κ3) is 3.05. The van der Waals surface area contributed by atoms with Crippen LogP contribution in [0.5, 0.6) is 0 Å². The number of rotatable bonds is 5. The number of hydrogen-bond acceptors (Lipinski definition) is 7. The van der Waals surface area contributed by atoms with Gasteiger partial charge in [0.05, 0.1) is 16.8 Å². The van der Waals surface area contributed by atoms with E-state index in [-0.39, 0.29) is 18.4 Å². The minimum Gasteiger partial charge on any atom is -0.273 e. The van der Waals surface area contributed by atoms with Gasteiger partial charge in [0.15, 0.2) is 5.65 Å². The molecule has 5 rings (SSSR count).